The highest BCUT2D eigenvalue weighted by Crippen LogP contribution is 2.24. The summed E-state index contributed by atoms with van der Waals surface area (Å²) in [6.07, 6.45) is 3.49. The number of aliphatic hydroxyl groups excluding tert-OH is 1. The molecular formula is C14H17FN2O. The minimum Gasteiger partial charge on any atom is -0.392 e. The van der Waals surface area contributed by atoms with Gasteiger partial charge in [0.05, 0.1) is 12.8 Å². The van der Waals surface area contributed by atoms with Gasteiger partial charge in [0.15, 0.2) is 0 Å². The predicted molar refractivity (Wildman–Crippen MR) is 68.4 cm³/mol. The molecule has 3 nitrogen and oxygen atoms in total. The van der Waals surface area contributed by atoms with Crippen LogP contribution in [0.15, 0.2) is 30.6 Å². The van der Waals surface area contributed by atoms with Crippen molar-refractivity contribution in [3.05, 3.63) is 42.0 Å². The molecule has 0 spiro atoms. The van der Waals surface area contributed by atoms with Gasteiger partial charge in [0.1, 0.15) is 5.82 Å². The molecule has 0 amide bonds. The average molecular weight is 248 g/mol. The second-order valence-corrected chi connectivity index (χ2v) is 4.78. The minimum atomic E-state index is -0.371. The molecule has 0 radical (unpaired) electrons. The molecule has 1 aromatic heterocycles. The number of hydrogen-bond donors (Lipinski definition) is 1. The normalized spacial score (nSPS) is 11.2. The van der Waals surface area contributed by atoms with Gasteiger partial charge in [0.2, 0.25) is 0 Å². The number of aliphatic hydroxyl groups is 1. The molecular weight excluding hydrogens is 231 g/mol. The van der Waals surface area contributed by atoms with E-state index in [0.29, 0.717) is 17.0 Å². The fraction of sp³-hybridized carbons (Fsp3) is 0.357. The number of hydrogen-bond acceptors (Lipinski definition) is 2. The van der Waals surface area contributed by atoms with Crippen LogP contribution in [0.4, 0.5) is 4.39 Å². The van der Waals surface area contributed by atoms with Crippen LogP contribution in [-0.4, -0.2) is 14.9 Å². The van der Waals surface area contributed by atoms with Crippen molar-refractivity contribution in [1.82, 2.24) is 9.78 Å². The third kappa shape index (κ3) is 2.59. The molecule has 0 saturated carbocycles. The van der Waals surface area contributed by atoms with Crippen LogP contribution in [0.3, 0.4) is 0 Å². The molecule has 0 atom stereocenters. The fourth-order valence-electron chi connectivity index (χ4n) is 1.90. The molecule has 0 aliphatic heterocycles. The Morgan fingerprint density at radius 1 is 1.39 bits per heavy atom. The van der Waals surface area contributed by atoms with Gasteiger partial charge in [-0.2, -0.15) is 5.10 Å². The van der Waals surface area contributed by atoms with E-state index in [2.05, 4.69) is 18.9 Å². The van der Waals surface area contributed by atoms with Crippen LogP contribution < -0.4 is 0 Å². The second kappa shape index (κ2) is 5.31. The summed E-state index contributed by atoms with van der Waals surface area (Å²) >= 11 is 0. The number of rotatable bonds is 4. The van der Waals surface area contributed by atoms with Crippen LogP contribution in [0.5, 0.6) is 0 Å². The van der Waals surface area contributed by atoms with Crippen LogP contribution in [0.1, 0.15) is 19.4 Å². The molecule has 0 bridgehead atoms. The van der Waals surface area contributed by atoms with Crippen molar-refractivity contribution in [3.63, 3.8) is 0 Å². The Balaban J connectivity index is 2.34. The monoisotopic (exact) mass is 248 g/mol. The van der Waals surface area contributed by atoms with Crippen molar-refractivity contribution in [2.45, 2.75) is 27.0 Å². The minimum absolute atomic E-state index is 0.292. The lowest BCUT2D eigenvalue weighted by molar-refractivity contribution is 0.276. The van der Waals surface area contributed by atoms with Crippen molar-refractivity contribution in [3.8, 4) is 11.1 Å². The summed E-state index contributed by atoms with van der Waals surface area (Å²) in [4.78, 5) is 0. The highest BCUT2D eigenvalue weighted by atomic mass is 19.1. The summed E-state index contributed by atoms with van der Waals surface area (Å²) in [5.74, 6) is 0.121. The number of benzene rings is 1. The average Bonchev–Trinajstić information content (AvgIpc) is 2.76. The number of nitrogens with zero attached hydrogens (tertiary/aromatic N) is 2. The van der Waals surface area contributed by atoms with Crippen LogP contribution in [0, 0.1) is 11.7 Å². The van der Waals surface area contributed by atoms with E-state index in [0.717, 1.165) is 12.1 Å². The van der Waals surface area contributed by atoms with E-state index < -0.39 is 0 Å². The summed E-state index contributed by atoms with van der Waals surface area (Å²) in [5.41, 5.74) is 1.53. The lowest BCUT2D eigenvalue weighted by Gasteiger charge is -2.05. The van der Waals surface area contributed by atoms with Crippen LogP contribution in [-0.2, 0) is 13.2 Å². The van der Waals surface area contributed by atoms with Gasteiger partial charge >= 0.3 is 0 Å². The first-order valence-corrected chi connectivity index (χ1v) is 6.03. The summed E-state index contributed by atoms with van der Waals surface area (Å²) in [6.45, 7) is 4.73. The van der Waals surface area contributed by atoms with Crippen LogP contribution >= 0.6 is 0 Å². The van der Waals surface area contributed by atoms with E-state index in [9.17, 15) is 4.39 Å². The SMILES string of the molecule is CC(C)Cn1cc(-c2cccc(CO)c2F)cn1. The van der Waals surface area contributed by atoms with Crippen LogP contribution in [0.25, 0.3) is 11.1 Å². The zero-order valence-electron chi connectivity index (χ0n) is 10.6. The lowest BCUT2D eigenvalue weighted by atomic mass is 10.1. The van der Waals surface area contributed by atoms with Crippen molar-refractivity contribution in [2.24, 2.45) is 5.92 Å². The fourth-order valence-corrected chi connectivity index (χ4v) is 1.90. The van der Waals surface area contributed by atoms with Crippen molar-refractivity contribution in [2.75, 3.05) is 0 Å². The maximum Gasteiger partial charge on any atom is 0.136 e. The maximum atomic E-state index is 14.0. The third-order valence-corrected chi connectivity index (χ3v) is 2.75. The summed E-state index contributed by atoms with van der Waals surface area (Å²) in [6, 6.07) is 5.02. The quantitative estimate of drug-likeness (QED) is 0.903. The number of aromatic nitrogens is 2. The largest absolute Gasteiger partial charge is 0.392 e. The topological polar surface area (TPSA) is 38.0 Å². The zero-order valence-corrected chi connectivity index (χ0v) is 10.6. The number of halogens is 1. The Kier molecular flexibility index (Phi) is 3.77. The molecule has 0 unspecified atom stereocenters. The third-order valence-electron chi connectivity index (χ3n) is 2.75. The van der Waals surface area contributed by atoms with Crippen molar-refractivity contribution < 1.29 is 9.50 Å². The van der Waals surface area contributed by atoms with E-state index in [4.69, 9.17) is 5.11 Å². The van der Waals surface area contributed by atoms with Crippen molar-refractivity contribution in [1.29, 1.82) is 0 Å². The predicted octanol–water partition coefficient (Wildman–Crippen LogP) is 2.84. The highest BCUT2D eigenvalue weighted by molar-refractivity contribution is 5.63. The van der Waals surface area contributed by atoms with E-state index in [1.54, 1.807) is 24.4 Å². The highest BCUT2D eigenvalue weighted by Gasteiger charge is 2.11. The van der Waals surface area contributed by atoms with Gasteiger partial charge in [-0.05, 0) is 5.92 Å². The maximum absolute atomic E-state index is 14.0. The van der Waals surface area contributed by atoms with Crippen molar-refractivity contribution >= 4 is 0 Å². The van der Waals surface area contributed by atoms with Crippen LogP contribution in [0.2, 0.25) is 0 Å². The zero-order chi connectivity index (χ0) is 13.1. The van der Waals surface area contributed by atoms with E-state index in [1.807, 2.05) is 10.9 Å². The first-order chi connectivity index (χ1) is 8.61. The van der Waals surface area contributed by atoms with E-state index >= 15 is 0 Å². The van der Waals surface area contributed by atoms with Gasteiger partial charge in [-0.15, -0.1) is 0 Å². The van der Waals surface area contributed by atoms with Gasteiger partial charge in [-0.25, -0.2) is 4.39 Å². The Bertz CT molecular complexity index is 534. The molecule has 18 heavy (non-hydrogen) atoms. The summed E-state index contributed by atoms with van der Waals surface area (Å²) < 4.78 is 15.8. The molecule has 0 aliphatic rings. The molecule has 2 rings (SSSR count). The first kappa shape index (κ1) is 12.8. The Hall–Kier alpha value is -1.68. The summed E-state index contributed by atoms with van der Waals surface area (Å²) in [5, 5.41) is 13.3. The molecule has 96 valence electrons. The molecule has 1 heterocycles. The molecule has 1 aromatic carbocycles. The Labute approximate surface area is 106 Å². The smallest absolute Gasteiger partial charge is 0.136 e. The first-order valence-electron chi connectivity index (χ1n) is 6.03. The molecule has 4 heteroatoms. The van der Waals surface area contributed by atoms with E-state index in [-0.39, 0.29) is 12.4 Å². The molecule has 1 N–H and O–H groups in total. The Morgan fingerprint density at radius 3 is 2.83 bits per heavy atom. The van der Waals surface area contributed by atoms with Gasteiger partial charge in [0, 0.05) is 29.4 Å². The van der Waals surface area contributed by atoms with Gasteiger partial charge in [-0.3, -0.25) is 4.68 Å². The van der Waals surface area contributed by atoms with Gasteiger partial charge in [-0.1, -0.05) is 32.0 Å². The molecule has 0 aliphatic carbocycles. The standard InChI is InChI=1S/C14H17FN2O/c1-10(2)7-17-8-12(6-16-17)13-5-3-4-11(9-18)14(13)15/h3-6,8,10,18H,7,9H2,1-2H3. The van der Waals surface area contributed by atoms with E-state index in [1.165, 1.54) is 0 Å². The molecule has 0 fully saturated rings. The lowest BCUT2D eigenvalue weighted by Crippen LogP contribution is -2.04. The summed E-state index contributed by atoms with van der Waals surface area (Å²) in [7, 11) is 0. The second-order valence-electron chi connectivity index (χ2n) is 4.78. The molecule has 2 aromatic rings. The Morgan fingerprint density at radius 2 is 2.17 bits per heavy atom. The van der Waals surface area contributed by atoms with Gasteiger partial charge in [0.25, 0.3) is 0 Å². The molecule has 0 saturated heterocycles. The van der Waals surface area contributed by atoms with Gasteiger partial charge < -0.3 is 5.11 Å².